The molecule has 1 aliphatic rings. The lowest BCUT2D eigenvalue weighted by Crippen LogP contribution is -2.19. The van der Waals surface area contributed by atoms with E-state index >= 15 is 8.78 Å². The normalized spacial score (nSPS) is 15.7. The van der Waals surface area contributed by atoms with E-state index in [2.05, 4.69) is 5.32 Å². The number of carbonyl (C=O) groups excluding carboxylic acids is 1. The molecule has 1 unspecified atom stereocenters. The summed E-state index contributed by atoms with van der Waals surface area (Å²) in [6.45, 7) is 2.75. The highest BCUT2D eigenvalue weighted by atomic mass is 32.1. The first-order valence-corrected chi connectivity index (χ1v) is 14.8. The average molecular weight is 562 g/mol. The van der Waals surface area contributed by atoms with Crippen LogP contribution in [0.25, 0.3) is 10.1 Å². The second-order valence-corrected chi connectivity index (χ2v) is 11.8. The Morgan fingerprint density at radius 2 is 1.84 bits per heavy atom. The van der Waals surface area contributed by atoms with Crippen molar-refractivity contribution in [3.05, 3.63) is 88.8 Å². The number of amides is 1. The number of alkyl halides is 2. The van der Waals surface area contributed by atoms with E-state index in [9.17, 15) is 9.36 Å². The maximum atomic E-state index is 15.9. The van der Waals surface area contributed by atoms with Crippen LogP contribution in [-0.4, -0.2) is 25.7 Å². The fourth-order valence-electron chi connectivity index (χ4n) is 4.13. The van der Waals surface area contributed by atoms with Crippen LogP contribution in [0.3, 0.4) is 0 Å². The molecule has 1 aromatic heterocycles. The number of hydrogen-bond acceptors (Lipinski definition) is 6. The first kappa shape index (κ1) is 28.3. The number of anilines is 1. The van der Waals surface area contributed by atoms with Crippen LogP contribution < -0.4 is 5.32 Å². The van der Waals surface area contributed by atoms with Crippen molar-refractivity contribution in [2.75, 3.05) is 25.1 Å². The minimum absolute atomic E-state index is 0.124. The Kier molecular flexibility index (Phi) is 9.28. The van der Waals surface area contributed by atoms with Crippen LogP contribution in [0.5, 0.6) is 0 Å². The van der Waals surface area contributed by atoms with E-state index in [1.165, 1.54) is 13.8 Å². The summed E-state index contributed by atoms with van der Waals surface area (Å²) >= 11 is 0.801. The summed E-state index contributed by atoms with van der Waals surface area (Å²) in [5.41, 5.74) is -2.84. The Hall–Kier alpha value is -2.68. The van der Waals surface area contributed by atoms with Gasteiger partial charge in [0.1, 0.15) is 0 Å². The second kappa shape index (κ2) is 12.5. The molecule has 3 aromatic rings. The highest BCUT2D eigenvalue weighted by molar-refractivity contribution is 7.55. The number of carbonyl (C=O) groups is 1. The third kappa shape index (κ3) is 6.14. The van der Waals surface area contributed by atoms with Gasteiger partial charge < -0.3 is 19.1 Å². The summed E-state index contributed by atoms with van der Waals surface area (Å²) in [7, 11) is -4.84. The zero-order chi connectivity index (χ0) is 27.2. The van der Waals surface area contributed by atoms with Gasteiger partial charge in [-0.3, -0.25) is 9.36 Å². The summed E-state index contributed by atoms with van der Waals surface area (Å²) in [5, 5.41) is 3.24. The first-order chi connectivity index (χ1) is 18.3. The van der Waals surface area contributed by atoms with E-state index in [4.69, 9.17) is 13.8 Å². The maximum Gasteiger partial charge on any atom is 0.405 e. The molecule has 0 radical (unpaired) electrons. The van der Waals surface area contributed by atoms with Gasteiger partial charge in [-0.15, -0.1) is 11.3 Å². The number of thiophene rings is 1. The molecule has 1 aliphatic carbocycles. The monoisotopic (exact) mass is 561 g/mol. The van der Waals surface area contributed by atoms with E-state index in [0.29, 0.717) is 27.9 Å². The van der Waals surface area contributed by atoms with E-state index < -0.39 is 18.1 Å². The Bertz CT molecular complexity index is 1360. The molecule has 0 spiro atoms. The molecule has 10 heteroatoms. The lowest BCUT2D eigenvalue weighted by molar-refractivity contribution is 0.0356. The molecule has 38 heavy (non-hydrogen) atoms. The van der Waals surface area contributed by atoms with E-state index in [-0.39, 0.29) is 37.2 Å². The predicted octanol–water partition coefficient (Wildman–Crippen LogP) is 8.12. The summed E-state index contributed by atoms with van der Waals surface area (Å²) in [4.78, 5) is 12.5. The third-order valence-electron chi connectivity index (χ3n) is 5.95. The summed E-state index contributed by atoms with van der Waals surface area (Å²) in [6.07, 6.45) is 8.69. The molecule has 4 rings (SSSR count). The van der Waals surface area contributed by atoms with Crippen molar-refractivity contribution >= 4 is 40.6 Å². The van der Waals surface area contributed by atoms with Gasteiger partial charge in [-0.1, -0.05) is 42.5 Å². The molecule has 2 aromatic carbocycles. The molecular formula is C28H30F2NO5PS. The number of para-hydroxylation sites is 1. The van der Waals surface area contributed by atoms with Crippen molar-refractivity contribution in [2.45, 2.75) is 32.5 Å². The zero-order valence-electron chi connectivity index (χ0n) is 21.2. The van der Waals surface area contributed by atoms with Crippen LogP contribution in [0, 0.1) is 5.92 Å². The van der Waals surface area contributed by atoms with Crippen molar-refractivity contribution in [3.63, 3.8) is 0 Å². The molecule has 1 atom stereocenters. The van der Waals surface area contributed by atoms with Gasteiger partial charge in [0.2, 0.25) is 0 Å². The van der Waals surface area contributed by atoms with Crippen molar-refractivity contribution in [1.29, 1.82) is 0 Å². The van der Waals surface area contributed by atoms with Gasteiger partial charge in [-0.05, 0) is 56.0 Å². The molecule has 0 aliphatic heterocycles. The Balaban J connectivity index is 1.72. The van der Waals surface area contributed by atoms with Gasteiger partial charge in [0.05, 0.1) is 31.3 Å². The topological polar surface area (TPSA) is 73.9 Å². The van der Waals surface area contributed by atoms with Crippen LogP contribution >= 0.6 is 18.9 Å². The number of nitrogens with one attached hydrogen (secondary N) is 1. The fourth-order valence-corrected chi connectivity index (χ4v) is 7.13. The minimum Gasteiger partial charge on any atom is -0.376 e. The number of halogens is 2. The summed E-state index contributed by atoms with van der Waals surface area (Å²) < 4.78 is 61.6. The van der Waals surface area contributed by atoms with Crippen molar-refractivity contribution in [1.82, 2.24) is 0 Å². The van der Waals surface area contributed by atoms with Crippen LogP contribution in [-0.2, 0) is 30.6 Å². The number of fused-ring (bicyclic) bond motifs is 1. The van der Waals surface area contributed by atoms with Gasteiger partial charge in [-0.25, -0.2) is 0 Å². The second-order valence-electron chi connectivity index (χ2n) is 8.64. The number of ether oxygens (including phenoxy) is 1. The molecular weight excluding hydrogens is 531 g/mol. The average Bonchev–Trinajstić information content (AvgIpc) is 3.28. The number of hydrogen-bond donors (Lipinski definition) is 1. The molecule has 1 heterocycles. The summed E-state index contributed by atoms with van der Waals surface area (Å²) in [5.74, 6) is -0.253. The number of benzene rings is 2. The largest absolute Gasteiger partial charge is 0.405 e. The van der Waals surface area contributed by atoms with Crippen molar-refractivity contribution in [3.8, 4) is 0 Å². The van der Waals surface area contributed by atoms with Crippen LogP contribution in [0.2, 0.25) is 0 Å². The van der Waals surface area contributed by atoms with Crippen molar-refractivity contribution in [2.24, 2.45) is 5.92 Å². The fraction of sp³-hybridized carbons (Fsp3) is 0.321. The lowest BCUT2D eigenvalue weighted by atomic mass is 10.0. The lowest BCUT2D eigenvalue weighted by Gasteiger charge is -2.26. The maximum absolute atomic E-state index is 15.9. The van der Waals surface area contributed by atoms with E-state index in [1.54, 1.807) is 42.5 Å². The molecule has 0 bridgehead atoms. The molecule has 0 saturated carbocycles. The van der Waals surface area contributed by atoms with Crippen LogP contribution in [0.15, 0.2) is 72.8 Å². The zero-order valence-corrected chi connectivity index (χ0v) is 22.9. The van der Waals surface area contributed by atoms with Gasteiger partial charge in [0.15, 0.2) is 0 Å². The molecule has 6 nitrogen and oxygen atoms in total. The van der Waals surface area contributed by atoms with Gasteiger partial charge >= 0.3 is 13.3 Å². The van der Waals surface area contributed by atoms with Crippen molar-refractivity contribution < 1.29 is 31.9 Å². The molecule has 0 saturated heterocycles. The predicted molar refractivity (Wildman–Crippen MR) is 147 cm³/mol. The standard InChI is InChI=1S/C28H30F2NO5PS/c1-3-35-37(33,36-4-2)28(29,30)26-24(19-34-18-20-11-7-5-8-12-20)23-17-21(15-16-25(23)38-26)27(32)31-22-13-9-6-10-14-22/h5-11,13-17,20H,3-4,12,18-19H2,1-2H3,(H,31,32). The highest BCUT2D eigenvalue weighted by Gasteiger charge is 2.57. The van der Waals surface area contributed by atoms with Gasteiger partial charge in [0.25, 0.3) is 5.91 Å². The van der Waals surface area contributed by atoms with E-state index in [0.717, 1.165) is 17.8 Å². The smallest absolute Gasteiger partial charge is 0.376 e. The van der Waals surface area contributed by atoms with E-state index in [1.807, 2.05) is 30.4 Å². The quantitative estimate of drug-likeness (QED) is 0.226. The van der Waals surface area contributed by atoms with Gasteiger partial charge in [-0.2, -0.15) is 8.78 Å². The highest BCUT2D eigenvalue weighted by Crippen LogP contribution is 2.68. The number of rotatable bonds is 12. The SMILES string of the molecule is CCOP(=O)(OCC)C(F)(F)c1sc2ccc(C(=O)Nc3ccccc3)cc2c1COCC1C=CC=CC1. The molecule has 202 valence electrons. The molecule has 0 fully saturated rings. The Morgan fingerprint density at radius 1 is 1.11 bits per heavy atom. The van der Waals surface area contributed by atoms with Crippen LogP contribution in [0.4, 0.5) is 14.5 Å². The van der Waals surface area contributed by atoms with Crippen LogP contribution in [0.1, 0.15) is 41.1 Å². The Labute approximate surface area is 224 Å². The molecule has 1 amide bonds. The third-order valence-corrected chi connectivity index (χ3v) is 9.49. The minimum atomic E-state index is -4.84. The number of allylic oxidation sites excluding steroid dienone is 3. The Morgan fingerprint density at radius 3 is 2.50 bits per heavy atom. The summed E-state index contributed by atoms with van der Waals surface area (Å²) in [6, 6.07) is 13.7. The molecule has 1 N–H and O–H groups in total. The van der Waals surface area contributed by atoms with Gasteiger partial charge in [0, 0.05) is 27.4 Å². The first-order valence-electron chi connectivity index (χ1n) is 12.4.